The van der Waals surface area contributed by atoms with Crippen LogP contribution >= 0.6 is 0 Å². The second-order valence-electron chi connectivity index (χ2n) is 4.11. The predicted molar refractivity (Wildman–Crippen MR) is 69.9 cm³/mol. The molecule has 3 aromatic heterocycles. The van der Waals surface area contributed by atoms with Crippen LogP contribution in [0.15, 0.2) is 53.8 Å². The van der Waals surface area contributed by atoms with Gasteiger partial charge >= 0.3 is 0 Å². The Labute approximate surface area is 104 Å². The Morgan fingerprint density at radius 1 is 1.11 bits per heavy atom. The third kappa shape index (κ3) is 1.68. The van der Waals surface area contributed by atoms with Crippen LogP contribution in [0.25, 0.3) is 16.5 Å². The van der Waals surface area contributed by atoms with Gasteiger partial charge in [0, 0.05) is 24.3 Å². The number of hydrogen-bond donors (Lipinski definition) is 0. The van der Waals surface area contributed by atoms with Crippen LogP contribution in [0.3, 0.4) is 0 Å². The van der Waals surface area contributed by atoms with E-state index in [1.54, 1.807) is 29.4 Å². The summed E-state index contributed by atoms with van der Waals surface area (Å²) in [6.45, 7) is 1.91. The molecule has 3 aromatic rings. The van der Waals surface area contributed by atoms with Gasteiger partial charge < -0.3 is 0 Å². The van der Waals surface area contributed by atoms with Crippen LogP contribution in [0.4, 0.5) is 0 Å². The van der Waals surface area contributed by atoms with E-state index in [4.69, 9.17) is 0 Å². The van der Waals surface area contributed by atoms with Gasteiger partial charge in [0.15, 0.2) is 0 Å². The first-order chi connectivity index (χ1) is 8.75. The fourth-order valence-electron chi connectivity index (χ4n) is 1.89. The fraction of sp³-hybridized carbons (Fsp3) is 0.0714. The average Bonchev–Trinajstić information content (AvgIpc) is 2.41. The van der Waals surface area contributed by atoms with Crippen molar-refractivity contribution in [2.24, 2.45) is 0 Å². The van der Waals surface area contributed by atoms with Gasteiger partial charge in [-0.2, -0.15) is 0 Å². The molecule has 3 heterocycles. The zero-order chi connectivity index (χ0) is 12.5. The summed E-state index contributed by atoms with van der Waals surface area (Å²) in [5, 5.41) is 1.51. The Bertz CT molecular complexity index is 760. The van der Waals surface area contributed by atoms with Crippen LogP contribution in [0, 0.1) is 6.92 Å². The molecule has 4 nitrogen and oxygen atoms in total. The minimum absolute atomic E-state index is 0.0775. The van der Waals surface area contributed by atoms with Crippen molar-refractivity contribution >= 4 is 10.8 Å². The van der Waals surface area contributed by atoms with Gasteiger partial charge in [-0.3, -0.25) is 19.3 Å². The summed E-state index contributed by atoms with van der Waals surface area (Å²) < 4.78 is 1.58. The van der Waals surface area contributed by atoms with Crippen molar-refractivity contribution in [3.63, 3.8) is 0 Å². The number of rotatable bonds is 1. The molecule has 0 N–H and O–H groups in total. The number of aromatic nitrogens is 3. The molecule has 0 fully saturated rings. The summed E-state index contributed by atoms with van der Waals surface area (Å²) in [5.41, 5.74) is 1.61. The zero-order valence-corrected chi connectivity index (χ0v) is 9.87. The van der Waals surface area contributed by atoms with Crippen LogP contribution in [0.5, 0.6) is 0 Å². The number of fused-ring (bicyclic) bond motifs is 1. The van der Waals surface area contributed by atoms with E-state index >= 15 is 0 Å². The monoisotopic (exact) mass is 237 g/mol. The second kappa shape index (κ2) is 4.07. The smallest absolute Gasteiger partial charge is 0.264 e. The van der Waals surface area contributed by atoms with Crippen molar-refractivity contribution in [2.75, 3.05) is 0 Å². The van der Waals surface area contributed by atoms with Gasteiger partial charge in [0.2, 0.25) is 0 Å². The highest BCUT2D eigenvalue weighted by Crippen LogP contribution is 2.10. The molecule has 0 amide bonds. The molecule has 0 atom stereocenters. The Balaban J connectivity index is 2.27. The van der Waals surface area contributed by atoms with Crippen LogP contribution < -0.4 is 5.56 Å². The highest BCUT2D eigenvalue weighted by Gasteiger charge is 2.04. The van der Waals surface area contributed by atoms with Gasteiger partial charge in [-0.15, -0.1) is 0 Å². The summed E-state index contributed by atoms with van der Waals surface area (Å²) in [4.78, 5) is 20.5. The van der Waals surface area contributed by atoms with Gasteiger partial charge in [-0.1, -0.05) is 0 Å². The van der Waals surface area contributed by atoms with Crippen molar-refractivity contribution in [3.8, 4) is 5.69 Å². The van der Waals surface area contributed by atoms with Crippen molar-refractivity contribution in [2.45, 2.75) is 6.92 Å². The largest absolute Gasteiger partial charge is 0.282 e. The van der Waals surface area contributed by atoms with Gasteiger partial charge in [0.25, 0.3) is 5.56 Å². The molecule has 0 saturated heterocycles. The van der Waals surface area contributed by atoms with E-state index in [9.17, 15) is 4.79 Å². The van der Waals surface area contributed by atoms with E-state index < -0.39 is 0 Å². The molecule has 88 valence electrons. The van der Waals surface area contributed by atoms with Crippen LogP contribution in [-0.2, 0) is 0 Å². The molecule has 0 aromatic carbocycles. The Morgan fingerprint density at radius 2 is 2.00 bits per heavy atom. The highest BCUT2D eigenvalue weighted by atomic mass is 16.1. The van der Waals surface area contributed by atoms with E-state index in [-0.39, 0.29) is 5.56 Å². The number of aryl methyl sites for hydroxylation is 1. The van der Waals surface area contributed by atoms with E-state index in [0.717, 1.165) is 16.8 Å². The minimum atomic E-state index is -0.0775. The van der Waals surface area contributed by atoms with E-state index in [1.807, 2.05) is 31.2 Å². The lowest BCUT2D eigenvalue weighted by Crippen LogP contribution is -2.17. The van der Waals surface area contributed by atoms with E-state index in [1.165, 1.54) is 0 Å². The molecule has 0 saturated carbocycles. The van der Waals surface area contributed by atoms with Crippen LogP contribution in [0.1, 0.15) is 5.69 Å². The molecule has 4 heteroatoms. The fourth-order valence-corrected chi connectivity index (χ4v) is 1.89. The molecule has 0 aliphatic rings. The maximum absolute atomic E-state index is 12.3. The molecule has 18 heavy (non-hydrogen) atoms. The number of hydrogen-bond acceptors (Lipinski definition) is 3. The first kappa shape index (κ1) is 10.7. The Kier molecular flexibility index (Phi) is 2.41. The molecule has 0 aliphatic carbocycles. The van der Waals surface area contributed by atoms with Gasteiger partial charge in [-0.05, 0) is 36.6 Å². The second-order valence-corrected chi connectivity index (χ2v) is 4.11. The molecule has 0 spiro atoms. The molecular formula is C14H11N3O. The van der Waals surface area contributed by atoms with Crippen molar-refractivity contribution in [1.82, 2.24) is 14.5 Å². The van der Waals surface area contributed by atoms with Crippen LogP contribution in [0.2, 0.25) is 0 Å². The Hall–Kier alpha value is -2.49. The standard InChI is InChI=1S/C14H11N3O/c1-10-2-3-12(8-16-10)17-7-5-11-4-6-15-9-13(11)14(17)18/h2-9H,1H3. The number of pyridine rings is 3. The summed E-state index contributed by atoms with van der Waals surface area (Å²) in [5.74, 6) is 0. The average molecular weight is 237 g/mol. The summed E-state index contributed by atoms with van der Waals surface area (Å²) in [7, 11) is 0. The predicted octanol–water partition coefficient (Wildman–Crippen LogP) is 2.09. The van der Waals surface area contributed by atoms with Crippen molar-refractivity contribution < 1.29 is 0 Å². The minimum Gasteiger partial charge on any atom is -0.282 e. The third-order valence-electron chi connectivity index (χ3n) is 2.88. The quantitative estimate of drug-likeness (QED) is 0.651. The highest BCUT2D eigenvalue weighted by molar-refractivity contribution is 5.80. The lowest BCUT2D eigenvalue weighted by molar-refractivity contribution is 0.986. The first-order valence-electron chi connectivity index (χ1n) is 5.64. The molecule has 0 bridgehead atoms. The third-order valence-corrected chi connectivity index (χ3v) is 2.88. The maximum Gasteiger partial charge on any atom is 0.264 e. The summed E-state index contributed by atoms with van der Waals surface area (Å²) in [6, 6.07) is 7.49. The van der Waals surface area contributed by atoms with Crippen molar-refractivity contribution in [3.05, 3.63) is 65.1 Å². The summed E-state index contributed by atoms with van der Waals surface area (Å²) >= 11 is 0. The molecule has 0 unspecified atom stereocenters. The molecule has 0 aliphatic heterocycles. The topological polar surface area (TPSA) is 47.8 Å². The number of nitrogens with zero attached hydrogens (tertiary/aromatic N) is 3. The van der Waals surface area contributed by atoms with E-state index in [0.29, 0.717) is 5.39 Å². The summed E-state index contributed by atoms with van der Waals surface area (Å²) in [6.07, 6.45) is 6.73. The van der Waals surface area contributed by atoms with Crippen LogP contribution in [-0.4, -0.2) is 14.5 Å². The van der Waals surface area contributed by atoms with Gasteiger partial charge in [0.1, 0.15) is 0 Å². The SMILES string of the molecule is Cc1ccc(-n2ccc3ccncc3c2=O)cn1. The zero-order valence-electron chi connectivity index (χ0n) is 9.87. The maximum atomic E-state index is 12.3. The van der Waals surface area contributed by atoms with Crippen molar-refractivity contribution in [1.29, 1.82) is 0 Å². The first-order valence-corrected chi connectivity index (χ1v) is 5.64. The van der Waals surface area contributed by atoms with Gasteiger partial charge in [-0.25, -0.2) is 0 Å². The lowest BCUT2D eigenvalue weighted by Gasteiger charge is -2.06. The lowest BCUT2D eigenvalue weighted by atomic mass is 10.2. The molecule has 3 rings (SSSR count). The normalized spacial score (nSPS) is 10.7. The molecular weight excluding hydrogens is 226 g/mol. The Morgan fingerprint density at radius 3 is 2.78 bits per heavy atom. The van der Waals surface area contributed by atoms with E-state index in [2.05, 4.69) is 9.97 Å². The van der Waals surface area contributed by atoms with Gasteiger partial charge in [0.05, 0.1) is 17.3 Å². The molecule has 0 radical (unpaired) electrons.